The van der Waals surface area contributed by atoms with Crippen LogP contribution in [0.1, 0.15) is 31.7 Å². The number of thioether (sulfide) groups is 1. The Kier molecular flexibility index (Phi) is 5.65. The SMILES string of the molecule is CCCCCNc1ncc(C#N)c(SC)n1. The number of aromatic nitrogens is 2. The molecule has 0 spiro atoms. The van der Waals surface area contributed by atoms with E-state index in [0.29, 0.717) is 11.5 Å². The quantitative estimate of drug-likeness (QED) is 0.467. The summed E-state index contributed by atoms with van der Waals surface area (Å²) in [6.45, 7) is 3.05. The molecule has 0 aromatic carbocycles. The maximum atomic E-state index is 8.82. The number of unbranched alkanes of at least 4 members (excludes halogenated alkanes) is 2. The first-order chi connectivity index (χ1) is 7.81. The van der Waals surface area contributed by atoms with E-state index < -0.39 is 0 Å². The van der Waals surface area contributed by atoms with Gasteiger partial charge in [-0.15, -0.1) is 11.8 Å². The zero-order valence-corrected chi connectivity index (χ0v) is 10.5. The Balaban J connectivity index is 2.58. The maximum Gasteiger partial charge on any atom is 0.223 e. The molecule has 0 unspecified atom stereocenters. The fraction of sp³-hybridized carbons (Fsp3) is 0.545. The van der Waals surface area contributed by atoms with Crippen molar-refractivity contribution in [2.24, 2.45) is 0 Å². The van der Waals surface area contributed by atoms with Crippen LogP contribution >= 0.6 is 11.8 Å². The highest BCUT2D eigenvalue weighted by Crippen LogP contribution is 2.17. The second kappa shape index (κ2) is 7.07. The Labute approximate surface area is 100 Å². The molecule has 0 amide bonds. The van der Waals surface area contributed by atoms with Crippen LogP contribution in [0.25, 0.3) is 0 Å². The molecule has 0 aliphatic rings. The second-order valence-corrected chi connectivity index (χ2v) is 4.16. The Morgan fingerprint density at radius 3 is 2.94 bits per heavy atom. The Hall–Kier alpha value is -1.28. The highest BCUT2D eigenvalue weighted by Gasteiger charge is 2.04. The van der Waals surface area contributed by atoms with Crippen molar-refractivity contribution in [3.05, 3.63) is 11.8 Å². The van der Waals surface area contributed by atoms with Crippen LogP contribution in [0.5, 0.6) is 0 Å². The van der Waals surface area contributed by atoms with Gasteiger partial charge in [0, 0.05) is 6.54 Å². The van der Waals surface area contributed by atoms with Crippen molar-refractivity contribution in [1.29, 1.82) is 5.26 Å². The third-order valence-corrected chi connectivity index (χ3v) is 2.83. The summed E-state index contributed by atoms with van der Waals surface area (Å²) < 4.78 is 0. The molecule has 0 saturated carbocycles. The van der Waals surface area contributed by atoms with E-state index >= 15 is 0 Å². The van der Waals surface area contributed by atoms with Crippen LogP contribution in [0, 0.1) is 11.3 Å². The van der Waals surface area contributed by atoms with Gasteiger partial charge in [-0.25, -0.2) is 9.97 Å². The first-order valence-electron chi connectivity index (χ1n) is 5.36. The van der Waals surface area contributed by atoms with Crippen molar-refractivity contribution in [1.82, 2.24) is 9.97 Å². The monoisotopic (exact) mass is 236 g/mol. The molecule has 1 rings (SSSR count). The van der Waals surface area contributed by atoms with Gasteiger partial charge in [-0.05, 0) is 12.7 Å². The van der Waals surface area contributed by atoms with Crippen LogP contribution in [0.15, 0.2) is 11.2 Å². The second-order valence-electron chi connectivity index (χ2n) is 3.36. The van der Waals surface area contributed by atoms with E-state index in [1.54, 1.807) is 6.20 Å². The zero-order valence-electron chi connectivity index (χ0n) is 9.66. The molecule has 0 bridgehead atoms. The predicted molar refractivity (Wildman–Crippen MR) is 66.5 cm³/mol. The number of hydrogen-bond acceptors (Lipinski definition) is 5. The van der Waals surface area contributed by atoms with Gasteiger partial charge in [0.2, 0.25) is 5.95 Å². The summed E-state index contributed by atoms with van der Waals surface area (Å²) in [5.41, 5.74) is 0.534. The van der Waals surface area contributed by atoms with Crippen LogP contribution in [0.2, 0.25) is 0 Å². The number of hydrogen-bond donors (Lipinski definition) is 1. The molecule has 5 heteroatoms. The third kappa shape index (κ3) is 3.70. The van der Waals surface area contributed by atoms with Crippen LogP contribution in [0.3, 0.4) is 0 Å². The number of rotatable bonds is 6. The molecule has 86 valence electrons. The minimum absolute atomic E-state index is 0.534. The Morgan fingerprint density at radius 1 is 1.50 bits per heavy atom. The molecular weight excluding hydrogens is 220 g/mol. The minimum atomic E-state index is 0.534. The summed E-state index contributed by atoms with van der Waals surface area (Å²) in [5, 5.41) is 12.7. The van der Waals surface area contributed by atoms with Crippen molar-refractivity contribution < 1.29 is 0 Å². The summed E-state index contributed by atoms with van der Waals surface area (Å²) in [4.78, 5) is 8.38. The lowest BCUT2D eigenvalue weighted by Gasteiger charge is -2.05. The summed E-state index contributed by atoms with van der Waals surface area (Å²) in [5.74, 6) is 0.611. The number of anilines is 1. The first kappa shape index (κ1) is 12.8. The maximum absolute atomic E-state index is 8.82. The molecule has 0 atom stereocenters. The van der Waals surface area contributed by atoms with E-state index in [1.165, 1.54) is 24.6 Å². The van der Waals surface area contributed by atoms with Crippen LogP contribution < -0.4 is 5.32 Å². The first-order valence-corrected chi connectivity index (χ1v) is 6.59. The molecular formula is C11H16N4S. The molecule has 0 fully saturated rings. The van der Waals surface area contributed by atoms with E-state index in [9.17, 15) is 0 Å². The summed E-state index contributed by atoms with van der Waals surface area (Å²) in [6, 6.07) is 2.08. The lowest BCUT2D eigenvalue weighted by molar-refractivity contribution is 0.739. The highest BCUT2D eigenvalue weighted by atomic mass is 32.2. The number of nitrogens with zero attached hydrogens (tertiary/aromatic N) is 3. The van der Waals surface area contributed by atoms with Crippen LogP contribution in [-0.4, -0.2) is 22.8 Å². The van der Waals surface area contributed by atoms with Crippen molar-refractivity contribution in [2.75, 3.05) is 18.1 Å². The summed E-state index contributed by atoms with van der Waals surface area (Å²) in [6.07, 6.45) is 7.00. The van der Waals surface area contributed by atoms with Crippen LogP contribution in [-0.2, 0) is 0 Å². The third-order valence-electron chi connectivity index (χ3n) is 2.13. The predicted octanol–water partition coefficient (Wildman–Crippen LogP) is 2.67. The molecule has 0 aliphatic heterocycles. The minimum Gasteiger partial charge on any atom is -0.354 e. The van der Waals surface area contributed by atoms with Gasteiger partial charge in [0.1, 0.15) is 16.7 Å². The largest absolute Gasteiger partial charge is 0.354 e. The van der Waals surface area contributed by atoms with Crippen molar-refractivity contribution >= 4 is 17.7 Å². The number of nitriles is 1. The van der Waals surface area contributed by atoms with Gasteiger partial charge in [0.25, 0.3) is 0 Å². The van der Waals surface area contributed by atoms with E-state index in [1.807, 2.05) is 6.26 Å². The molecule has 0 aliphatic carbocycles. The van der Waals surface area contributed by atoms with Gasteiger partial charge >= 0.3 is 0 Å². The van der Waals surface area contributed by atoms with Gasteiger partial charge in [-0.1, -0.05) is 19.8 Å². The van der Waals surface area contributed by atoms with E-state index in [4.69, 9.17) is 5.26 Å². The average Bonchev–Trinajstić information content (AvgIpc) is 2.34. The van der Waals surface area contributed by atoms with Gasteiger partial charge in [-0.3, -0.25) is 0 Å². The van der Waals surface area contributed by atoms with Gasteiger partial charge < -0.3 is 5.32 Å². The number of nitrogens with one attached hydrogen (secondary N) is 1. The van der Waals surface area contributed by atoms with E-state index in [-0.39, 0.29) is 0 Å². The average molecular weight is 236 g/mol. The fourth-order valence-corrected chi connectivity index (χ4v) is 1.75. The topological polar surface area (TPSA) is 61.6 Å². The van der Waals surface area contributed by atoms with E-state index in [2.05, 4.69) is 28.3 Å². The molecule has 16 heavy (non-hydrogen) atoms. The molecule has 1 aromatic rings. The zero-order chi connectivity index (χ0) is 11.8. The Morgan fingerprint density at radius 2 is 2.31 bits per heavy atom. The lowest BCUT2D eigenvalue weighted by atomic mass is 10.2. The molecule has 1 N–H and O–H groups in total. The smallest absolute Gasteiger partial charge is 0.223 e. The normalized spacial score (nSPS) is 9.81. The summed E-state index contributed by atoms with van der Waals surface area (Å²) in [7, 11) is 0. The Bertz CT molecular complexity index is 373. The fourth-order valence-electron chi connectivity index (χ4n) is 1.26. The van der Waals surface area contributed by atoms with Gasteiger partial charge in [0.15, 0.2) is 0 Å². The van der Waals surface area contributed by atoms with Crippen LogP contribution in [0.4, 0.5) is 5.95 Å². The van der Waals surface area contributed by atoms with Crippen molar-refractivity contribution in [3.63, 3.8) is 0 Å². The highest BCUT2D eigenvalue weighted by molar-refractivity contribution is 7.98. The van der Waals surface area contributed by atoms with Gasteiger partial charge in [0.05, 0.1) is 6.20 Å². The molecule has 4 nitrogen and oxygen atoms in total. The van der Waals surface area contributed by atoms with E-state index in [0.717, 1.165) is 18.0 Å². The van der Waals surface area contributed by atoms with Crippen molar-refractivity contribution in [3.8, 4) is 6.07 Å². The molecule has 1 aromatic heterocycles. The molecule has 0 saturated heterocycles. The van der Waals surface area contributed by atoms with Crippen molar-refractivity contribution in [2.45, 2.75) is 31.2 Å². The lowest BCUT2D eigenvalue weighted by Crippen LogP contribution is -2.06. The molecule has 0 radical (unpaired) electrons. The molecule has 1 heterocycles. The standard InChI is InChI=1S/C11H16N4S/c1-3-4-5-6-13-11-14-8-9(7-12)10(15-11)16-2/h8H,3-6H2,1-2H3,(H,13,14,15). The summed E-state index contributed by atoms with van der Waals surface area (Å²) >= 11 is 1.46. The van der Waals surface area contributed by atoms with Gasteiger partial charge in [-0.2, -0.15) is 5.26 Å².